The maximum Gasteiger partial charge on any atom is 0.222 e. The molecule has 0 atom stereocenters. The molecule has 0 aliphatic heterocycles. The van der Waals surface area contributed by atoms with Gasteiger partial charge in [-0.25, -0.2) is 4.98 Å². The van der Waals surface area contributed by atoms with Crippen molar-refractivity contribution in [2.75, 3.05) is 0 Å². The fraction of sp³-hybridized carbons (Fsp3) is 0.312. The molecule has 1 aromatic carbocycles. The summed E-state index contributed by atoms with van der Waals surface area (Å²) >= 11 is 12.1. The Labute approximate surface area is 134 Å². The number of nitrogens with one attached hydrogen (secondary N) is 1. The van der Waals surface area contributed by atoms with E-state index in [4.69, 9.17) is 27.9 Å². The summed E-state index contributed by atoms with van der Waals surface area (Å²) in [4.78, 5) is 4.38. The van der Waals surface area contributed by atoms with Crippen LogP contribution < -0.4 is 10.1 Å². The molecule has 21 heavy (non-hydrogen) atoms. The Bertz CT molecular complexity index is 657. The van der Waals surface area contributed by atoms with E-state index < -0.39 is 0 Å². The van der Waals surface area contributed by atoms with Gasteiger partial charge in [0.1, 0.15) is 10.8 Å². The van der Waals surface area contributed by atoms with Crippen LogP contribution in [0.5, 0.6) is 11.6 Å². The molecule has 0 saturated heterocycles. The molecule has 5 heteroatoms. The number of pyridine rings is 1. The fourth-order valence-electron chi connectivity index (χ4n) is 2.04. The van der Waals surface area contributed by atoms with Crippen molar-refractivity contribution in [3.63, 3.8) is 0 Å². The van der Waals surface area contributed by atoms with Crippen LogP contribution in [-0.2, 0) is 6.54 Å². The van der Waals surface area contributed by atoms with Crippen LogP contribution in [0.1, 0.15) is 24.0 Å². The molecule has 1 fully saturated rings. The molecule has 3 nitrogen and oxygen atoms in total. The van der Waals surface area contributed by atoms with Gasteiger partial charge in [-0.3, -0.25) is 0 Å². The number of ether oxygens (including phenoxy) is 1. The molecule has 1 heterocycles. The third kappa shape index (κ3) is 3.67. The minimum absolute atomic E-state index is 0.403. The first kappa shape index (κ1) is 14.6. The lowest BCUT2D eigenvalue weighted by atomic mass is 10.2. The van der Waals surface area contributed by atoms with Crippen molar-refractivity contribution >= 4 is 23.2 Å². The molecule has 2 aromatic rings. The second-order valence-electron chi connectivity index (χ2n) is 5.27. The third-order valence-electron chi connectivity index (χ3n) is 3.38. The Morgan fingerprint density at radius 3 is 2.86 bits per heavy atom. The highest BCUT2D eigenvalue weighted by atomic mass is 35.5. The van der Waals surface area contributed by atoms with Crippen LogP contribution in [0.3, 0.4) is 0 Å². The van der Waals surface area contributed by atoms with Gasteiger partial charge < -0.3 is 10.1 Å². The summed E-state index contributed by atoms with van der Waals surface area (Å²) in [7, 11) is 0. The highest BCUT2D eigenvalue weighted by Gasteiger charge is 2.20. The van der Waals surface area contributed by atoms with Gasteiger partial charge in [-0.1, -0.05) is 29.3 Å². The van der Waals surface area contributed by atoms with E-state index in [-0.39, 0.29) is 0 Å². The number of aryl methyl sites for hydroxylation is 1. The molecule has 1 aromatic heterocycles. The van der Waals surface area contributed by atoms with Crippen molar-refractivity contribution in [2.24, 2.45) is 0 Å². The smallest absolute Gasteiger partial charge is 0.222 e. The van der Waals surface area contributed by atoms with Gasteiger partial charge in [-0.2, -0.15) is 0 Å². The van der Waals surface area contributed by atoms with Gasteiger partial charge in [0.15, 0.2) is 0 Å². The molecule has 0 radical (unpaired) electrons. The van der Waals surface area contributed by atoms with Gasteiger partial charge in [0, 0.05) is 24.3 Å². The predicted molar refractivity (Wildman–Crippen MR) is 85.4 cm³/mol. The number of hydrogen-bond donors (Lipinski definition) is 1. The van der Waals surface area contributed by atoms with E-state index in [2.05, 4.69) is 16.4 Å². The van der Waals surface area contributed by atoms with Gasteiger partial charge in [0.25, 0.3) is 0 Å². The molecular weight excluding hydrogens is 307 g/mol. The molecule has 0 unspecified atom stereocenters. The first-order valence-electron chi connectivity index (χ1n) is 6.94. The van der Waals surface area contributed by atoms with Gasteiger partial charge >= 0.3 is 0 Å². The van der Waals surface area contributed by atoms with E-state index in [1.54, 1.807) is 18.2 Å². The standard InChI is InChI=1S/C16H16Cl2N2O/c1-10-7-11(8-19-12-5-6-12)9-20-16(10)21-14-4-2-3-13(17)15(14)18/h2-4,7,9,12,19H,5-6,8H2,1H3. The minimum Gasteiger partial charge on any atom is -0.437 e. The van der Waals surface area contributed by atoms with Crippen molar-refractivity contribution < 1.29 is 4.74 Å². The SMILES string of the molecule is Cc1cc(CNC2CC2)cnc1Oc1cccc(Cl)c1Cl. The first-order chi connectivity index (χ1) is 10.1. The Morgan fingerprint density at radius 2 is 2.14 bits per heavy atom. The Kier molecular flexibility index (Phi) is 4.34. The van der Waals surface area contributed by atoms with Crippen molar-refractivity contribution in [3.05, 3.63) is 51.6 Å². The molecule has 0 amide bonds. The molecule has 110 valence electrons. The average Bonchev–Trinajstić information content (AvgIpc) is 3.28. The zero-order valence-corrected chi connectivity index (χ0v) is 13.2. The van der Waals surface area contributed by atoms with E-state index in [1.165, 1.54) is 12.8 Å². The maximum absolute atomic E-state index is 6.12. The molecule has 1 aliphatic carbocycles. The van der Waals surface area contributed by atoms with Crippen molar-refractivity contribution in [3.8, 4) is 11.6 Å². The minimum atomic E-state index is 0.403. The second kappa shape index (κ2) is 6.22. The zero-order valence-electron chi connectivity index (χ0n) is 11.7. The number of nitrogens with zero attached hydrogens (tertiary/aromatic N) is 1. The summed E-state index contributed by atoms with van der Waals surface area (Å²) in [5.41, 5.74) is 2.13. The van der Waals surface area contributed by atoms with Crippen molar-refractivity contribution in [2.45, 2.75) is 32.4 Å². The highest BCUT2D eigenvalue weighted by molar-refractivity contribution is 6.42. The molecule has 1 aliphatic rings. The summed E-state index contributed by atoms with van der Waals surface area (Å²) in [5, 5.41) is 4.34. The van der Waals surface area contributed by atoms with Gasteiger partial charge in [-0.05, 0) is 43.5 Å². The number of halogens is 2. The highest BCUT2D eigenvalue weighted by Crippen LogP contribution is 2.34. The largest absolute Gasteiger partial charge is 0.437 e. The van der Waals surface area contributed by atoms with Crippen LogP contribution in [0.2, 0.25) is 10.0 Å². The summed E-state index contributed by atoms with van der Waals surface area (Å²) < 4.78 is 5.77. The number of hydrogen-bond acceptors (Lipinski definition) is 3. The lowest BCUT2D eigenvalue weighted by Crippen LogP contribution is -2.15. The second-order valence-corrected chi connectivity index (χ2v) is 6.06. The Morgan fingerprint density at radius 1 is 1.33 bits per heavy atom. The molecule has 1 saturated carbocycles. The normalized spacial score (nSPS) is 14.2. The van der Waals surface area contributed by atoms with Crippen LogP contribution in [0.25, 0.3) is 0 Å². The Balaban J connectivity index is 1.74. The molecular formula is C16H16Cl2N2O. The van der Waals surface area contributed by atoms with Crippen molar-refractivity contribution in [1.82, 2.24) is 10.3 Å². The average molecular weight is 323 g/mol. The lowest BCUT2D eigenvalue weighted by Gasteiger charge is -2.11. The summed E-state index contributed by atoms with van der Waals surface area (Å²) in [6.45, 7) is 2.82. The maximum atomic E-state index is 6.12. The zero-order chi connectivity index (χ0) is 14.8. The fourth-order valence-corrected chi connectivity index (χ4v) is 2.37. The topological polar surface area (TPSA) is 34.2 Å². The summed E-state index contributed by atoms with van der Waals surface area (Å²) in [6.07, 6.45) is 4.39. The van der Waals surface area contributed by atoms with Gasteiger partial charge in [0.2, 0.25) is 5.88 Å². The molecule has 0 spiro atoms. The lowest BCUT2D eigenvalue weighted by molar-refractivity contribution is 0.458. The monoisotopic (exact) mass is 322 g/mol. The van der Waals surface area contributed by atoms with Crippen LogP contribution in [0.4, 0.5) is 0 Å². The number of aromatic nitrogens is 1. The molecule has 0 bridgehead atoms. The van der Waals surface area contributed by atoms with Crippen LogP contribution in [0, 0.1) is 6.92 Å². The van der Waals surface area contributed by atoms with E-state index >= 15 is 0 Å². The summed E-state index contributed by atoms with van der Waals surface area (Å²) in [5.74, 6) is 1.07. The summed E-state index contributed by atoms with van der Waals surface area (Å²) in [6, 6.07) is 8.07. The van der Waals surface area contributed by atoms with Gasteiger partial charge in [0.05, 0.1) is 5.02 Å². The van der Waals surface area contributed by atoms with Crippen LogP contribution in [0.15, 0.2) is 30.5 Å². The number of benzene rings is 1. The van der Waals surface area contributed by atoms with E-state index in [1.807, 2.05) is 13.1 Å². The predicted octanol–water partition coefficient (Wildman–Crippen LogP) is 4.74. The van der Waals surface area contributed by atoms with Crippen molar-refractivity contribution in [1.29, 1.82) is 0 Å². The Hall–Kier alpha value is -1.29. The van der Waals surface area contributed by atoms with Gasteiger partial charge in [-0.15, -0.1) is 0 Å². The van der Waals surface area contributed by atoms with Crippen LogP contribution in [-0.4, -0.2) is 11.0 Å². The van der Waals surface area contributed by atoms with Crippen LogP contribution >= 0.6 is 23.2 Å². The number of rotatable bonds is 5. The first-order valence-corrected chi connectivity index (χ1v) is 7.70. The molecule has 1 N–H and O–H groups in total. The third-order valence-corrected chi connectivity index (χ3v) is 4.18. The van der Waals surface area contributed by atoms with E-state index in [0.717, 1.165) is 17.7 Å². The molecule has 3 rings (SSSR count). The van der Waals surface area contributed by atoms with E-state index in [9.17, 15) is 0 Å². The quantitative estimate of drug-likeness (QED) is 0.863. The van der Waals surface area contributed by atoms with E-state index in [0.29, 0.717) is 27.7 Å².